The quantitative estimate of drug-likeness (QED) is 0.929. The molecule has 0 aromatic heterocycles. The molecule has 120 valence electrons. The molecule has 0 aliphatic carbocycles. The van der Waals surface area contributed by atoms with Gasteiger partial charge in [-0.3, -0.25) is 9.69 Å². The number of likely N-dealkylation sites (tertiary alicyclic amines) is 1. The number of carbonyl (C=O) groups is 2. The van der Waals surface area contributed by atoms with Gasteiger partial charge in [-0.2, -0.15) is 0 Å². The van der Waals surface area contributed by atoms with Gasteiger partial charge in [0, 0.05) is 6.54 Å². The highest BCUT2D eigenvalue weighted by molar-refractivity contribution is 5.74. The highest BCUT2D eigenvalue weighted by Gasteiger charge is 2.47. The third-order valence-corrected chi connectivity index (χ3v) is 3.86. The van der Waals surface area contributed by atoms with Gasteiger partial charge in [-0.15, -0.1) is 0 Å². The van der Waals surface area contributed by atoms with E-state index in [0.29, 0.717) is 13.0 Å². The molecule has 0 unspecified atom stereocenters. The topological polar surface area (TPSA) is 66.8 Å². The number of rotatable bonds is 3. The fraction of sp³-hybridized carbons (Fsp3) is 0.529. The van der Waals surface area contributed by atoms with Gasteiger partial charge in [0.25, 0.3) is 0 Å². The first-order chi connectivity index (χ1) is 10.2. The average molecular weight is 305 g/mol. The second-order valence-corrected chi connectivity index (χ2v) is 6.70. The minimum absolute atomic E-state index is 0.115. The molecule has 5 nitrogen and oxygen atoms in total. The van der Waals surface area contributed by atoms with Gasteiger partial charge in [-0.25, -0.2) is 4.79 Å². The second-order valence-electron chi connectivity index (χ2n) is 6.70. The second kappa shape index (κ2) is 5.99. The number of carboxylic acid groups (broad SMARTS) is 1. The Bertz CT molecular complexity index is 550. The van der Waals surface area contributed by atoms with E-state index in [9.17, 15) is 14.7 Å². The lowest BCUT2D eigenvalue weighted by atomic mass is 9.84. The van der Waals surface area contributed by atoms with Gasteiger partial charge in [0.1, 0.15) is 5.60 Å². The predicted octanol–water partition coefficient (Wildman–Crippen LogP) is 3.39. The third-order valence-electron chi connectivity index (χ3n) is 3.86. The van der Waals surface area contributed by atoms with E-state index in [1.165, 1.54) is 0 Å². The van der Waals surface area contributed by atoms with Crippen LogP contribution in [0.15, 0.2) is 30.3 Å². The fourth-order valence-corrected chi connectivity index (χ4v) is 3.05. The van der Waals surface area contributed by atoms with Crippen molar-refractivity contribution >= 4 is 12.1 Å². The number of carboxylic acids is 1. The van der Waals surface area contributed by atoms with Crippen molar-refractivity contribution in [2.24, 2.45) is 0 Å². The van der Waals surface area contributed by atoms with Crippen molar-refractivity contribution in [2.45, 2.75) is 51.2 Å². The predicted molar refractivity (Wildman–Crippen MR) is 82.5 cm³/mol. The van der Waals surface area contributed by atoms with E-state index in [4.69, 9.17) is 4.74 Å². The van der Waals surface area contributed by atoms with E-state index in [-0.39, 0.29) is 6.42 Å². The average Bonchev–Trinajstić information content (AvgIpc) is 2.82. The molecule has 5 heteroatoms. The number of amides is 1. The van der Waals surface area contributed by atoms with Crippen LogP contribution in [0.1, 0.15) is 45.6 Å². The first kappa shape index (κ1) is 16.3. The summed E-state index contributed by atoms with van der Waals surface area (Å²) in [4.78, 5) is 25.5. The molecule has 0 spiro atoms. The van der Waals surface area contributed by atoms with Crippen LogP contribution in [0.4, 0.5) is 4.79 Å². The maximum absolute atomic E-state index is 12.5. The summed E-state index contributed by atoms with van der Waals surface area (Å²) >= 11 is 0. The van der Waals surface area contributed by atoms with E-state index in [1.807, 2.05) is 51.1 Å². The van der Waals surface area contributed by atoms with Gasteiger partial charge in [-0.05, 0) is 39.2 Å². The van der Waals surface area contributed by atoms with Gasteiger partial charge < -0.3 is 9.84 Å². The maximum atomic E-state index is 12.5. The number of carbonyl (C=O) groups excluding carboxylic acids is 1. The Morgan fingerprint density at radius 1 is 1.27 bits per heavy atom. The lowest BCUT2D eigenvalue weighted by Crippen LogP contribution is -2.48. The molecule has 0 bridgehead atoms. The first-order valence-corrected chi connectivity index (χ1v) is 7.52. The van der Waals surface area contributed by atoms with Gasteiger partial charge in [0.2, 0.25) is 0 Å². The molecule has 1 aliphatic rings. The van der Waals surface area contributed by atoms with E-state index < -0.39 is 23.2 Å². The Hall–Kier alpha value is -2.04. The van der Waals surface area contributed by atoms with Crippen molar-refractivity contribution in [3.63, 3.8) is 0 Å². The van der Waals surface area contributed by atoms with E-state index in [0.717, 1.165) is 12.0 Å². The van der Waals surface area contributed by atoms with E-state index in [1.54, 1.807) is 4.90 Å². The Balaban J connectivity index is 2.39. The molecule has 1 aliphatic heterocycles. The molecule has 22 heavy (non-hydrogen) atoms. The number of hydrogen-bond acceptors (Lipinski definition) is 3. The molecule has 1 amide bonds. The lowest BCUT2D eigenvalue weighted by molar-refractivity contribution is -0.140. The highest BCUT2D eigenvalue weighted by atomic mass is 16.6. The van der Waals surface area contributed by atoms with Crippen LogP contribution in [0, 0.1) is 0 Å². The summed E-state index contributed by atoms with van der Waals surface area (Å²) in [5, 5.41) is 9.35. The normalized spacial score (nSPS) is 21.7. The molecular weight excluding hydrogens is 282 g/mol. The summed E-state index contributed by atoms with van der Waals surface area (Å²) in [5.41, 5.74) is -0.582. The molecule has 0 radical (unpaired) electrons. The zero-order chi connectivity index (χ0) is 16.4. The number of hydrogen-bond donors (Lipinski definition) is 1. The molecule has 1 N–H and O–H groups in total. The standard InChI is InChI=1S/C17H23NO4/c1-16(2,3)22-15(21)18-11-7-10-17(18,12-14(19)20)13-8-5-4-6-9-13/h4-6,8-9H,7,10-12H2,1-3H3,(H,19,20)/t17-/m0/s1. The van der Waals surface area contributed by atoms with Crippen LogP contribution in [0.2, 0.25) is 0 Å². The minimum atomic E-state index is -0.917. The Morgan fingerprint density at radius 3 is 2.45 bits per heavy atom. The van der Waals surface area contributed by atoms with Gasteiger partial charge >= 0.3 is 12.1 Å². The van der Waals surface area contributed by atoms with Crippen molar-refractivity contribution < 1.29 is 19.4 Å². The van der Waals surface area contributed by atoms with E-state index in [2.05, 4.69) is 0 Å². The largest absolute Gasteiger partial charge is 0.481 e. The third kappa shape index (κ3) is 3.40. The summed E-state index contributed by atoms with van der Waals surface area (Å²) in [6, 6.07) is 9.37. The summed E-state index contributed by atoms with van der Waals surface area (Å²) < 4.78 is 5.47. The van der Waals surface area contributed by atoms with E-state index >= 15 is 0 Å². The van der Waals surface area contributed by atoms with Crippen molar-refractivity contribution in [2.75, 3.05) is 6.54 Å². The fourth-order valence-electron chi connectivity index (χ4n) is 3.05. The van der Waals surface area contributed by atoms with Gasteiger partial charge in [0.05, 0.1) is 12.0 Å². The molecular formula is C17H23NO4. The molecule has 1 aromatic carbocycles. The number of aliphatic carboxylic acids is 1. The smallest absolute Gasteiger partial charge is 0.411 e. The molecule has 1 heterocycles. The molecule has 1 aromatic rings. The lowest BCUT2D eigenvalue weighted by Gasteiger charge is -2.38. The van der Waals surface area contributed by atoms with Crippen molar-refractivity contribution in [1.29, 1.82) is 0 Å². The monoisotopic (exact) mass is 305 g/mol. The van der Waals surface area contributed by atoms with Crippen LogP contribution in [0.25, 0.3) is 0 Å². The molecule has 2 rings (SSSR count). The van der Waals surface area contributed by atoms with Crippen LogP contribution >= 0.6 is 0 Å². The SMILES string of the molecule is CC(C)(C)OC(=O)N1CCC[C@]1(CC(=O)O)c1ccccc1. The first-order valence-electron chi connectivity index (χ1n) is 7.52. The Morgan fingerprint density at radius 2 is 1.91 bits per heavy atom. The van der Waals surface area contributed by atoms with Crippen molar-refractivity contribution in [1.82, 2.24) is 4.90 Å². The zero-order valence-corrected chi connectivity index (χ0v) is 13.3. The summed E-state index contributed by atoms with van der Waals surface area (Å²) in [5.74, 6) is -0.917. The van der Waals surface area contributed by atoms with Gasteiger partial charge in [0.15, 0.2) is 0 Å². The van der Waals surface area contributed by atoms with Crippen molar-refractivity contribution in [3.8, 4) is 0 Å². The van der Waals surface area contributed by atoms with Crippen LogP contribution in [0.5, 0.6) is 0 Å². The Kier molecular flexibility index (Phi) is 4.44. The van der Waals surface area contributed by atoms with Gasteiger partial charge in [-0.1, -0.05) is 30.3 Å². The summed E-state index contributed by atoms with van der Waals surface area (Å²) in [6.07, 6.45) is 0.829. The molecule has 0 saturated carbocycles. The number of benzene rings is 1. The van der Waals surface area contributed by atoms with Crippen molar-refractivity contribution in [3.05, 3.63) is 35.9 Å². The molecule has 1 atom stereocenters. The van der Waals surface area contributed by atoms with Crippen LogP contribution in [-0.4, -0.2) is 34.2 Å². The number of ether oxygens (including phenoxy) is 1. The summed E-state index contributed by atoms with van der Waals surface area (Å²) in [6.45, 7) is 5.93. The highest BCUT2D eigenvalue weighted by Crippen LogP contribution is 2.42. The number of nitrogens with zero attached hydrogens (tertiary/aromatic N) is 1. The minimum Gasteiger partial charge on any atom is -0.481 e. The molecule has 1 fully saturated rings. The Labute approximate surface area is 130 Å². The maximum Gasteiger partial charge on any atom is 0.411 e. The van der Waals surface area contributed by atoms with Crippen LogP contribution in [-0.2, 0) is 15.1 Å². The molecule has 1 saturated heterocycles. The van der Waals surface area contributed by atoms with Crippen LogP contribution in [0.3, 0.4) is 0 Å². The van der Waals surface area contributed by atoms with Crippen LogP contribution < -0.4 is 0 Å². The zero-order valence-electron chi connectivity index (χ0n) is 13.3. The summed E-state index contributed by atoms with van der Waals surface area (Å²) in [7, 11) is 0.